The van der Waals surface area contributed by atoms with E-state index in [9.17, 15) is 31.4 Å². The van der Waals surface area contributed by atoms with E-state index in [-0.39, 0.29) is 16.5 Å². The number of hydrogen-bond acceptors (Lipinski definition) is 2. The summed E-state index contributed by atoms with van der Waals surface area (Å²) in [5.41, 5.74) is -3.79. The van der Waals surface area contributed by atoms with E-state index >= 15 is 0 Å². The second-order valence-corrected chi connectivity index (χ2v) is 5.18. The molecular formula is C11H19F6NNiO. The molecule has 0 radical (unpaired) electrons. The van der Waals surface area contributed by atoms with E-state index in [0.29, 0.717) is 0 Å². The van der Waals surface area contributed by atoms with Crippen molar-refractivity contribution in [2.24, 2.45) is 0 Å². The molecule has 0 rings (SSSR count). The van der Waals surface area contributed by atoms with Gasteiger partial charge in [0.15, 0.2) is 5.60 Å². The zero-order valence-corrected chi connectivity index (χ0v) is 12.5. The van der Waals surface area contributed by atoms with Crippen molar-refractivity contribution in [1.82, 2.24) is 4.90 Å². The van der Waals surface area contributed by atoms with Crippen LogP contribution in [0, 0.1) is 0 Å². The van der Waals surface area contributed by atoms with Gasteiger partial charge in [-0.1, -0.05) is 0 Å². The number of halogens is 6. The molecule has 0 aromatic carbocycles. The van der Waals surface area contributed by atoms with E-state index in [4.69, 9.17) is 0 Å². The second-order valence-electron chi connectivity index (χ2n) is 5.18. The molecule has 0 aromatic rings. The predicted octanol–water partition coefficient (Wildman–Crippen LogP) is 3.35. The summed E-state index contributed by atoms with van der Waals surface area (Å²) in [4.78, 5) is 1.18. The maximum absolute atomic E-state index is 12.7. The topological polar surface area (TPSA) is 23.5 Å². The maximum atomic E-state index is 12.7. The van der Waals surface area contributed by atoms with Gasteiger partial charge in [-0.15, -0.1) is 0 Å². The molecule has 0 aliphatic rings. The zero-order valence-electron chi connectivity index (χ0n) is 11.5. The molecule has 0 heterocycles. The summed E-state index contributed by atoms with van der Waals surface area (Å²) >= 11 is 0. The average Bonchev–Trinajstić information content (AvgIpc) is 2.08. The van der Waals surface area contributed by atoms with Gasteiger partial charge in [-0.3, -0.25) is 4.90 Å². The molecular weight excluding hydrogens is 335 g/mol. The Hall–Kier alpha value is -0.00649. The fourth-order valence-electron chi connectivity index (χ4n) is 1.84. The van der Waals surface area contributed by atoms with Crippen LogP contribution in [0.4, 0.5) is 26.3 Å². The fraction of sp³-hybridized carbons (Fsp3) is 1.00. The van der Waals surface area contributed by atoms with Crippen LogP contribution in [0.25, 0.3) is 0 Å². The molecule has 126 valence electrons. The maximum Gasteiger partial charge on any atom is 0.418 e. The van der Waals surface area contributed by atoms with Crippen LogP contribution in [0.3, 0.4) is 0 Å². The van der Waals surface area contributed by atoms with Crippen molar-refractivity contribution in [3.63, 3.8) is 0 Å². The van der Waals surface area contributed by atoms with Crippen LogP contribution in [0.2, 0.25) is 0 Å². The molecule has 9 heteroatoms. The third-order valence-electron chi connectivity index (χ3n) is 2.79. The number of hydrogen-bond donors (Lipinski definition) is 1. The largest absolute Gasteiger partial charge is 0.418 e. The molecule has 0 amide bonds. The number of alkyl halides is 6. The number of nitrogens with zero attached hydrogens (tertiary/aromatic N) is 1. The summed E-state index contributed by atoms with van der Waals surface area (Å²) < 4.78 is 75.0. The van der Waals surface area contributed by atoms with Crippen LogP contribution in [0.15, 0.2) is 0 Å². The summed E-state index contributed by atoms with van der Waals surface area (Å²) in [6.07, 6.45) is -12.7. The van der Waals surface area contributed by atoms with E-state index in [0.717, 1.165) is 0 Å². The Labute approximate surface area is 124 Å². The summed E-state index contributed by atoms with van der Waals surface area (Å²) in [5.74, 6) is 0. The molecule has 0 spiro atoms. The minimum Gasteiger partial charge on any atom is -0.379 e. The van der Waals surface area contributed by atoms with Gasteiger partial charge < -0.3 is 5.11 Å². The van der Waals surface area contributed by atoms with Crippen LogP contribution in [0.5, 0.6) is 0 Å². The monoisotopic (exact) mass is 353 g/mol. The molecule has 1 atom stereocenters. The van der Waals surface area contributed by atoms with E-state index in [1.165, 1.54) is 4.90 Å². The Balaban J connectivity index is 0. The number of rotatable bonds is 5. The van der Waals surface area contributed by atoms with Gasteiger partial charge in [-0.05, 0) is 27.7 Å². The molecule has 0 saturated carbocycles. The third-order valence-corrected chi connectivity index (χ3v) is 2.79. The van der Waals surface area contributed by atoms with Gasteiger partial charge >= 0.3 is 12.4 Å². The van der Waals surface area contributed by atoms with E-state index in [2.05, 4.69) is 0 Å². The molecule has 1 unspecified atom stereocenters. The Morgan fingerprint density at radius 1 is 0.900 bits per heavy atom. The molecule has 0 aliphatic heterocycles. The van der Waals surface area contributed by atoms with E-state index in [1.54, 1.807) is 27.7 Å². The molecule has 20 heavy (non-hydrogen) atoms. The van der Waals surface area contributed by atoms with Crippen LogP contribution >= 0.6 is 0 Å². The summed E-state index contributed by atoms with van der Waals surface area (Å²) in [6.45, 7) is 5.13. The smallest absolute Gasteiger partial charge is 0.379 e. The Morgan fingerprint density at radius 3 is 1.45 bits per heavy atom. The van der Waals surface area contributed by atoms with Crippen molar-refractivity contribution < 1.29 is 47.9 Å². The molecule has 0 fully saturated rings. The molecule has 0 aromatic heterocycles. The fourth-order valence-corrected chi connectivity index (χ4v) is 1.84. The standard InChI is InChI=1S/C11H19F6NO.Ni/c1-7(2)18(8(3)4)6-9(19,11(15,16)17)5-10(12,13)14;/h7-8,19H,5-6H2,1-4H3;. The molecule has 0 saturated heterocycles. The summed E-state index contributed by atoms with van der Waals surface area (Å²) in [5, 5.41) is 9.46. The third kappa shape index (κ3) is 6.63. The van der Waals surface area contributed by atoms with E-state index in [1.807, 2.05) is 0 Å². The van der Waals surface area contributed by atoms with Crippen molar-refractivity contribution in [1.29, 1.82) is 0 Å². The molecule has 0 aliphatic carbocycles. The Morgan fingerprint density at radius 2 is 1.25 bits per heavy atom. The predicted molar refractivity (Wildman–Crippen MR) is 58.7 cm³/mol. The van der Waals surface area contributed by atoms with Crippen molar-refractivity contribution in [2.45, 2.75) is 64.2 Å². The first-order valence-corrected chi connectivity index (χ1v) is 5.81. The first kappa shape index (κ1) is 22.3. The van der Waals surface area contributed by atoms with Gasteiger partial charge in [0.05, 0.1) is 6.42 Å². The van der Waals surface area contributed by atoms with Crippen molar-refractivity contribution in [2.75, 3.05) is 6.54 Å². The van der Waals surface area contributed by atoms with Crippen LogP contribution in [0.1, 0.15) is 34.1 Å². The Kier molecular flexibility index (Phi) is 8.15. The van der Waals surface area contributed by atoms with Gasteiger partial charge in [0, 0.05) is 35.1 Å². The van der Waals surface area contributed by atoms with Crippen molar-refractivity contribution in [3.05, 3.63) is 0 Å². The molecule has 2 nitrogen and oxygen atoms in total. The van der Waals surface area contributed by atoms with E-state index < -0.39 is 43.0 Å². The number of aliphatic hydroxyl groups is 1. The normalized spacial score (nSPS) is 16.5. The summed E-state index contributed by atoms with van der Waals surface area (Å²) in [6, 6.07) is -0.829. The van der Waals surface area contributed by atoms with Crippen molar-refractivity contribution >= 4 is 0 Å². The van der Waals surface area contributed by atoms with Gasteiger partial charge in [0.1, 0.15) is 0 Å². The second kappa shape index (κ2) is 7.32. The van der Waals surface area contributed by atoms with Gasteiger partial charge in [-0.2, -0.15) is 26.3 Å². The first-order valence-electron chi connectivity index (χ1n) is 5.81. The van der Waals surface area contributed by atoms with Crippen LogP contribution < -0.4 is 0 Å². The SMILES string of the molecule is CC(C)N(CC(O)(CC(F)(F)F)C(F)(F)F)C(C)C.[Ni]. The zero-order chi connectivity index (χ0) is 15.6. The molecule has 0 bridgehead atoms. The van der Waals surface area contributed by atoms with Gasteiger partial charge in [0.25, 0.3) is 0 Å². The molecule has 1 N–H and O–H groups in total. The average molecular weight is 354 g/mol. The van der Waals surface area contributed by atoms with Crippen LogP contribution in [-0.4, -0.2) is 46.6 Å². The first-order chi connectivity index (χ1) is 8.19. The van der Waals surface area contributed by atoms with Crippen molar-refractivity contribution in [3.8, 4) is 0 Å². The van der Waals surface area contributed by atoms with Crippen LogP contribution in [-0.2, 0) is 16.5 Å². The van der Waals surface area contributed by atoms with Gasteiger partial charge in [-0.25, -0.2) is 0 Å². The van der Waals surface area contributed by atoms with Gasteiger partial charge in [0.2, 0.25) is 0 Å². The Bertz CT molecular complexity index is 284. The summed E-state index contributed by atoms with van der Waals surface area (Å²) in [7, 11) is 0. The minimum atomic E-state index is -5.34. The quantitative estimate of drug-likeness (QED) is 0.605. The minimum absolute atomic E-state index is 0.